The second-order valence-corrected chi connectivity index (χ2v) is 0.972. The van der Waals surface area contributed by atoms with E-state index in [1.165, 1.54) is 0 Å². The predicted octanol–water partition coefficient (Wildman–Crippen LogP) is -5.25. The van der Waals surface area contributed by atoms with Crippen molar-refractivity contribution in [2.24, 2.45) is 0 Å². The second-order valence-electron chi connectivity index (χ2n) is 0.236. The number of hydrogen-bond donors (Lipinski definition) is 0. The maximum Gasteiger partial charge on any atom is 2.00 e. The van der Waals surface area contributed by atoms with Gasteiger partial charge in [-0.1, -0.05) is 0 Å². The average molecular weight is 480 g/mol. The zero-order valence-corrected chi connectivity index (χ0v) is 14.0. The Morgan fingerprint density at radius 1 is 0.571 bits per heavy atom. The molecule has 0 aliphatic rings. The minimum atomic E-state index is -1.25. The van der Waals surface area contributed by atoms with Gasteiger partial charge in [0.25, 0.3) is 0 Å². The van der Waals surface area contributed by atoms with Crippen molar-refractivity contribution in [2.45, 2.75) is 0 Å². The summed E-state index contributed by atoms with van der Waals surface area (Å²) >= 11 is -5.00. The molecule has 0 N–H and O–H groups in total. The summed E-state index contributed by atoms with van der Waals surface area (Å²) in [6.07, 6.45) is 0. The second kappa shape index (κ2) is 79.2. The van der Waals surface area contributed by atoms with E-state index in [9.17, 15) is 0 Å². The predicted molar refractivity (Wildman–Crippen MR) is 2.75 cm³/mol. The quantitative estimate of drug-likeness (QED) is 0.311. The van der Waals surface area contributed by atoms with Crippen molar-refractivity contribution >= 4 is 0 Å². The largest absolute Gasteiger partial charge is 2.00 e. The Hall–Kier alpha value is 2.26. The molecule has 0 amide bonds. The summed E-state index contributed by atoms with van der Waals surface area (Å²) in [4.78, 5) is 0. The third-order valence-electron chi connectivity index (χ3n) is 0. The Balaban J connectivity index is -0.0000000145. The summed E-state index contributed by atoms with van der Waals surface area (Å²) in [5.41, 5.74) is 0. The third-order valence-corrected chi connectivity index (χ3v) is 0. The summed E-state index contributed by atoms with van der Waals surface area (Å²) in [6, 6.07) is 0. The molecule has 0 aromatic heterocycles. The van der Waals surface area contributed by atoms with E-state index in [0.717, 1.165) is 0 Å². The molecule has 0 rings (SSSR count). The van der Waals surface area contributed by atoms with Crippen molar-refractivity contribution in [3.05, 3.63) is 0 Å². The van der Waals surface area contributed by atoms with Crippen molar-refractivity contribution in [1.29, 1.82) is 0 Å². The summed E-state index contributed by atoms with van der Waals surface area (Å²) in [5.74, 6) is 0. The van der Waals surface area contributed by atoms with E-state index in [1.807, 2.05) is 0 Å². The fourth-order valence-electron chi connectivity index (χ4n) is 0. The topological polar surface area (TPSA) is 161 Å². The van der Waals surface area contributed by atoms with E-state index in [-0.39, 0.29) is 36.5 Å². The minimum absolute atomic E-state index is 0. The van der Waals surface area contributed by atoms with E-state index in [4.69, 9.17) is 32.1 Å². The van der Waals surface area contributed by atoms with Gasteiger partial charge in [0.15, 0.2) is 0 Å². The van der Waals surface area contributed by atoms with Gasteiger partial charge in [0.1, 0.15) is 0 Å². The molecule has 0 unspecified atom stereocenters. The first-order chi connectivity index (χ1) is 5.66. The van der Waals surface area contributed by atoms with Gasteiger partial charge in [-0.3, -0.25) is 0 Å². The fourth-order valence-corrected chi connectivity index (χ4v) is 0. The van der Waals surface area contributed by atoms with Gasteiger partial charge in [-0.2, -0.15) is 0 Å². The molecule has 14 heteroatoms. The van der Waals surface area contributed by atoms with E-state index in [0.29, 0.717) is 0 Å². The fraction of sp³-hybridized carbons (Fsp3) is 0. The number of hydrogen-bond acceptors (Lipinski definition) is 8. The minimum Gasteiger partial charge on any atom is 2.00 e. The molecule has 0 aliphatic carbocycles. The van der Waals surface area contributed by atoms with Gasteiger partial charge < -0.3 is 0 Å². The number of rotatable bonds is 0. The van der Waals surface area contributed by atoms with Crippen LogP contribution in [0.3, 0.4) is 0 Å². The molecule has 0 aromatic rings. The van der Waals surface area contributed by atoms with Crippen LogP contribution >= 0.6 is 0 Å². The van der Waals surface area contributed by atoms with Crippen molar-refractivity contribution in [3.8, 4) is 0 Å². The van der Waals surface area contributed by atoms with Crippen molar-refractivity contribution in [2.75, 3.05) is 0 Å². The molecule has 0 atom stereocenters. The van der Waals surface area contributed by atoms with Gasteiger partial charge in [-0.15, -0.1) is 0 Å². The SMILES string of the molecule is [Cu+2].[O]=[Fe][O-].[O]=[Fe][O-].[O]=[Fe][O-].[O]=[Fe][O-].[Zn+2]. The van der Waals surface area contributed by atoms with Crippen LogP contribution in [0.1, 0.15) is 0 Å². The monoisotopic (exact) mass is 479 g/mol. The summed E-state index contributed by atoms with van der Waals surface area (Å²) < 4.78 is 67.0. The molecule has 0 saturated carbocycles. The van der Waals surface area contributed by atoms with Gasteiger partial charge in [-0.05, 0) is 0 Å². The van der Waals surface area contributed by atoms with Crippen LogP contribution < -0.4 is 16.8 Å². The third kappa shape index (κ3) is 491. The average Bonchev–Trinajstić information content (AvgIpc) is 1.92. The summed E-state index contributed by atoms with van der Waals surface area (Å²) in [6.45, 7) is 0. The zero-order valence-electron chi connectivity index (χ0n) is 5.69. The molecule has 1 radical (unpaired) electrons. The first-order valence-corrected chi connectivity index (χ1v) is 4.76. The molecule has 0 aliphatic heterocycles. The Kier molecular flexibility index (Phi) is 203. The van der Waals surface area contributed by atoms with Crippen molar-refractivity contribution < 1.29 is 130 Å². The molecule has 0 fully saturated rings. The summed E-state index contributed by atoms with van der Waals surface area (Å²) in [5, 5.41) is 0. The molecule has 0 saturated heterocycles. The molecule has 14 heavy (non-hydrogen) atoms. The Morgan fingerprint density at radius 3 is 0.571 bits per heavy atom. The first-order valence-electron chi connectivity index (χ1n) is 1.15. The smallest absolute Gasteiger partial charge is 2.00 e. The van der Waals surface area contributed by atoms with Crippen LogP contribution in [0.4, 0.5) is 0 Å². The van der Waals surface area contributed by atoms with E-state index >= 15 is 0 Å². The zero-order chi connectivity index (χ0) is 10.8. The van der Waals surface area contributed by atoms with Crippen molar-refractivity contribution in [3.63, 3.8) is 0 Å². The van der Waals surface area contributed by atoms with Gasteiger partial charge >= 0.3 is 130 Å². The Labute approximate surface area is 128 Å². The van der Waals surface area contributed by atoms with Crippen LogP contribution in [0.15, 0.2) is 0 Å². The Bertz CT molecular complexity index is 75.3. The molecule has 0 heterocycles. The van der Waals surface area contributed by atoms with Gasteiger partial charge in [0, 0.05) is 0 Å². The molecule has 8 nitrogen and oxygen atoms in total. The van der Waals surface area contributed by atoms with Crippen LogP contribution in [0.25, 0.3) is 0 Å². The maximum absolute atomic E-state index is 8.38. The van der Waals surface area contributed by atoms with Gasteiger partial charge in [-0.25, -0.2) is 0 Å². The van der Waals surface area contributed by atoms with Crippen molar-refractivity contribution in [1.82, 2.24) is 0 Å². The van der Waals surface area contributed by atoms with E-state index in [2.05, 4.69) is 0 Å². The molecule has 93 valence electrons. The van der Waals surface area contributed by atoms with Crippen LogP contribution in [0, 0.1) is 0 Å². The van der Waals surface area contributed by atoms with Crippen LogP contribution in [-0.2, 0) is 113 Å². The van der Waals surface area contributed by atoms with Crippen LogP contribution in [0.5, 0.6) is 0 Å². The van der Waals surface area contributed by atoms with Gasteiger partial charge in [0.05, 0.1) is 0 Å². The van der Waals surface area contributed by atoms with Crippen LogP contribution in [0.2, 0.25) is 0 Å². The molecular weight excluding hydrogens is 480 g/mol. The van der Waals surface area contributed by atoms with E-state index in [1.54, 1.807) is 0 Å². The Morgan fingerprint density at radius 2 is 0.571 bits per heavy atom. The maximum atomic E-state index is 8.38. The molecule has 0 bridgehead atoms. The van der Waals surface area contributed by atoms with Crippen LogP contribution in [-0.4, -0.2) is 0 Å². The molecule has 0 aromatic carbocycles. The molecular formula is CuFe4O8Zn. The molecule has 0 spiro atoms. The summed E-state index contributed by atoms with van der Waals surface area (Å²) in [7, 11) is 0. The van der Waals surface area contributed by atoms with E-state index < -0.39 is 60.9 Å². The normalized spacial score (nSPS) is 4.86. The standard InChI is InChI=1S/Cu.4Fe.8O.Zn/q+2;;;;;;;;;4*-1;+2. The van der Waals surface area contributed by atoms with Gasteiger partial charge in [0.2, 0.25) is 0 Å². The first kappa shape index (κ1) is 36.0.